The Kier molecular flexibility index (Phi) is 7.04. The first-order valence-corrected chi connectivity index (χ1v) is 19.1. The molecule has 1 aliphatic rings. The zero-order valence-electron chi connectivity index (χ0n) is 29.1. The van der Waals surface area contributed by atoms with Crippen LogP contribution in [0, 0.1) is 0 Å². The lowest BCUT2D eigenvalue weighted by molar-refractivity contribution is 1.22. The topological polar surface area (TPSA) is 29.0 Å². The summed E-state index contributed by atoms with van der Waals surface area (Å²) in [4.78, 5) is 13.4. The van der Waals surface area contributed by atoms with Crippen molar-refractivity contribution in [1.29, 1.82) is 0 Å². The highest BCUT2D eigenvalue weighted by Crippen LogP contribution is 2.55. The van der Waals surface area contributed by atoms with Gasteiger partial charge in [-0.2, -0.15) is 0 Å². The number of rotatable bonds is 5. The minimum atomic E-state index is 0.711. The van der Waals surface area contributed by atoms with Crippen LogP contribution < -0.4 is 4.90 Å². The van der Waals surface area contributed by atoms with E-state index in [-0.39, 0.29) is 0 Å². The van der Waals surface area contributed by atoms with Crippen LogP contribution in [0.15, 0.2) is 188 Å². The van der Waals surface area contributed by atoms with E-state index in [1.165, 1.54) is 43.3 Å². The first-order valence-electron chi connectivity index (χ1n) is 18.3. The van der Waals surface area contributed by atoms with E-state index in [1.54, 1.807) is 11.3 Å². The maximum absolute atomic E-state index is 5.51. The summed E-state index contributed by atoms with van der Waals surface area (Å²) < 4.78 is 2.30. The predicted octanol–water partition coefficient (Wildman–Crippen LogP) is 14.1. The van der Waals surface area contributed by atoms with E-state index < -0.39 is 0 Å². The number of thiophene rings is 1. The molecule has 3 heterocycles. The lowest BCUT2D eigenvalue weighted by Gasteiger charge is -2.35. The zero-order valence-corrected chi connectivity index (χ0v) is 30.0. The summed E-state index contributed by atoms with van der Waals surface area (Å²) in [5.74, 6) is 0.711. The number of para-hydroxylation sites is 2. The van der Waals surface area contributed by atoms with E-state index in [4.69, 9.17) is 9.97 Å². The molecular weight excluding hydrogens is 675 g/mol. The van der Waals surface area contributed by atoms with Crippen LogP contribution in [-0.2, 0) is 0 Å². The van der Waals surface area contributed by atoms with Gasteiger partial charge in [-0.15, -0.1) is 11.3 Å². The monoisotopic (exact) mass is 705 g/mol. The second-order valence-corrected chi connectivity index (χ2v) is 14.8. The summed E-state index contributed by atoms with van der Waals surface area (Å²) in [7, 11) is 0. The van der Waals surface area contributed by atoms with Gasteiger partial charge in [0.05, 0.1) is 27.3 Å². The van der Waals surface area contributed by atoms with Gasteiger partial charge in [0, 0.05) is 37.9 Å². The SMILES string of the molecule is c1ccc(-c2ccc(-c3nc(-c4cccc5c4N(c4ccccc4)c4ccc(-c6ccccc6)c6cccc-5c46)nc4c3sc3ccccc34)cc2)cc1. The van der Waals surface area contributed by atoms with Gasteiger partial charge in [0.15, 0.2) is 5.82 Å². The highest BCUT2D eigenvalue weighted by atomic mass is 32.1. The molecule has 0 bridgehead atoms. The van der Waals surface area contributed by atoms with Crippen molar-refractivity contribution in [1.82, 2.24) is 9.97 Å². The maximum atomic E-state index is 5.51. The van der Waals surface area contributed by atoms with Crippen molar-refractivity contribution in [3.8, 4) is 56.0 Å². The summed E-state index contributed by atoms with van der Waals surface area (Å²) >= 11 is 1.77. The van der Waals surface area contributed by atoms with Gasteiger partial charge in [0.2, 0.25) is 0 Å². The van der Waals surface area contributed by atoms with Gasteiger partial charge in [0.25, 0.3) is 0 Å². The fourth-order valence-electron chi connectivity index (χ4n) is 8.17. The van der Waals surface area contributed by atoms with Gasteiger partial charge < -0.3 is 4.90 Å². The van der Waals surface area contributed by atoms with Crippen LogP contribution in [0.4, 0.5) is 17.1 Å². The van der Waals surface area contributed by atoms with Gasteiger partial charge >= 0.3 is 0 Å². The molecule has 0 amide bonds. The minimum Gasteiger partial charge on any atom is -0.308 e. The van der Waals surface area contributed by atoms with Crippen molar-refractivity contribution in [3.63, 3.8) is 0 Å². The smallest absolute Gasteiger partial charge is 0.162 e. The fraction of sp³-hybridized carbons (Fsp3) is 0. The fourth-order valence-corrected chi connectivity index (χ4v) is 9.33. The van der Waals surface area contributed by atoms with Crippen LogP contribution in [0.25, 0.3) is 87.1 Å². The first kappa shape index (κ1) is 30.7. The molecular formula is C50H31N3S. The Morgan fingerprint density at radius 3 is 1.81 bits per heavy atom. The second kappa shape index (κ2) is 12.4. The minimum absolute atomic E-state index is 0.711. The molecule has 252 valence electrons. The molecule has 4 heteroatoms. The summed E-state index contributed by atoms with van der Waals surface area (Å²) in [6, 6.07) is 67.2. The number of anilines is 3. The van der Waals surface area contributed by atoms with Crippen molar-refractivity contribution in [2.45, 2.75) is 0 Å². The normalized spacial score (nSPS) is 12.0. The number of benzene rings is 8. The average Bonchev–Trinajstić information content (AvgIpc) is 3.63. The Balaban J connectivity index is 1.18. The highest BCUT2D eigenvalue weighted by molar-refractivity contribution is 7.26. The average molecular weight is 706 g/mol. The molecule has 0 atom stereocenters. The molecule has 0 saturated carbocycles. The Morgan fingerprint density at radius 2 is 1.02 bits per heavy atom. The number of hydrogen-bond donors (Lipinski definition) is 0. The van der Waals surface area contributed by atoms with E-state index in [2.05, 4.69) is 193 Å². The first-order chi connectivity index (χ1) is 26.8. The Morgan fingerprint density at radius 1 is 0.407 bits per heavy atom. The third-order valence-electron chi connectivity index (χ3n) is 10.6. The molecule has 0 saturated heterocycles. The van der Waals surface area contributed by atoms with Crippen LogP contribution >= 0.6 is 11.3 Å². The third-order valence-corrected chi connectivity index (χ3v) is 11.8. The summed E-state index contributed by atoms with van der Waals surface area (Å²) in [6.45, 7) is 0. The molecule has 11 rings (SSSR count). The van der Waals surface area contributed by atoms with Gasteiger partial charge in [0.1, 0.15) is 0 Å². The largest absolute Gasteiger partial charge is 0.308 e. The van der Waals surface area contributed by atoms with Crippen LogP contribution in [0.1, 0.15) is 0 Å². The van der Waals surface area contributed by atoms with Gasteiger partial charge in [-0.25, -0.2) is 9.97 Å². The van der Waals surface area contributed by atoms with Crippen molar-refractivity contribution in [2.75, 3.05) is 4.90 Å². The molecule has 0 N–H and O–H groups in total. The molecule has 0 aliphatic carbocycles. The Labute approximate surface area is 317 Å². The molecule has 10 aromatic rings. The molecule has 8 aromatic carbocycles. The second-order valence-electron chi connectivity index (χ2n) is 13.7. The number of aromatic nitrogens is 2. The molecule has 3 nitrogen and oxygen atoms in total. The number of fused-ring (bicyclic) bond motifs is 5. The lowest BCUT2D eigenvalue weighted by Crippen LogP contribution is -2.16. The van der Waals surface area contributed by atoms with Crippen LogP contribution in [0.5, 0.6) is 0 Å². The van der Waals surface area contributed by atoms with Crippen LogP contribution in [0.2, 0.25) is 0 Å². The molecule has 0 radical (unpaired) electrons. The van der Waals surface area contributed by atoms with Crippen molar-refractivity contribution in [3.05, 3.63) is 188 Å². The highest BCUT2D eigenvalue weighted by Gasteiger charge is 2.30. The van der Waals surface area contributed by atoms with E-state index in [1.807, 2.05) is 0 Å². The van der Waals surface area contributed by atoms with E-state index >= 15 is 0 Å². The van der Waals surface area contributed by atoms with Gasteiger partial charge in [-0.1, -0.05) is 158 Å². The van der Waals surface area contributed by atoms with E-state index in [0.717, 1.165) is 55.0 Å². The number of nitrogens with zero attached hydrogens (tertiary/aromatic N) is 3. The zero-order chi connectivity index (χ0) is 35.6. The Hall–Kier alpha value is -6.88. The van der Waals surface area contributed by atoms with Gasteiger partial charge in [-0.05, 0) is 63.5 Å². The van der Waals surface area contributed by atoms with E-state index in [0.29, 0.717) is 5.82 Å². The standard InChI is InChI=1S/C50H31N3S/c1-4-14-32(15-5-1)33-26-28-35(29-27-33)46-49-47(41-20-10-11-25-44(41)54-49)52-50(51-46)42-24-13-23-40-39-22-12-21-38-37(34-16-6-2-7-17-34)30-31-43(45(38)39)53(48(40)42)36-18-8-3-9-19-36/h1-31H. The van der Waals surface area contributed by atoms with Crippen molar-refractivity contribution in [2.24, 2.45) is 0 Å². The molecule has 0 unspecified atom stereocenters. The maximum Gasteiger partial charge on any atom is 0.162 e. The van der Waals surface area contributed by atoms with Crippen LogP contribution in [0.3, 0.4) is 0 Å². The summed E-state index contributed by atoms with van der Waals surface area (Å²) in [6.07, 6.45) is 0. The number of hydrogen-bond acceptors (Lipinski definition) is 4. The molecule has 0 fully saturated rings. The lowest BCUT2D eigenvalue weighted by atomic mass is 9.86. The molecule has 54 heavy (non-hydrogen) atoms. The quantitative estimate of drug-likeness (QED) is 0.178. The molecule has 1 aliphatic heterocycles. The molecule has 2 aromatic heterocycles. The van der Waals surface area contributed by atoms with Crippen molar-refractivity contribution < 1.29 is 0 Å². The summed E-state index contributed by atoms with van der Waals surface area (Å²) in [5, 5.41) is 3.63. The van der Waals surface area contributed by atoms with Crippen molar-refractivity contribution >= 4 is 59.5 Å². The van der Waals surface area contributed by atoms with Gasteiger partial charge in [-0.3, -0.25) is 0 Å². The van der Waals surface area contributed by atoms with E-state index in [9.17, 15) is 0 Å². The molecule has 0 spiro atoms. The summed E-state index contributed by atoms with van der Waals surface area (Å²) in [5.41, 5.74) is 14.5. The predicted molar refractivity (Wildman–Crippen MR) is 228 cm³/mol. The third kappa shape index (κ3) is 4.81. The van der Waals surface area contributed by atoms with Crippen LogP contribution in [-0.4, -0.2) is 9.97 Å². The Bertz CT molecular complexity index is 3030.